The van der Waals surface area contributed by atoms with Crippen LogP contribution in [0.5, 0.6) is 23.0 Å². The molecule has 0 bridgehead atoms. The van der Waals surface area contributed by atoms with Crippen LogP contribution in [-0.2, 0) is 56.9 Å². The van der Waals surface area contributed by atoms with Crippen LogP contribution < -0.4 is 40.2 Å². The molecule has 0 saturated carbocycles. The molecule has 8 aromatic carbocycles. The lowest BCUT2D eigenvalue weighted by Crippen LogP contribution is -2.31. The molecule has 10 heterocycles. The van der Waals surface area contributed by atoms with Gasteiger partial charge in [-0.1, -0.05) is 157 Å². The van der Waals surface area contributed by atoms with Crippen molar-refractivity contribution in [2.45, 2.75) is 122 Å². The minimum absolute atomic E-state index is 0.0193. The van der Waals surface area contributed by atoms with Gasteiger partial charge in [0.2, 0.25) is 5.91 Å². The van der Waals surface area contributed by atoms with E-state index in [9.17, 15) is 24.3 Å². The van der Waals surface area contributed by atoms with Crippen molar-refractivity contribution in [2.75, 3.05) is 40.6 Å². The molecule has 3 aliphatic heterocycles. The number of methoxy groups -OCH3 is 1. The van der Waals surface area contributed by atoms with E-state index in [1.54, 1.807) is 60.6 Å². The number of imidazole rings is 3. The zero-order chi connectivity index (χ0) is 87.2. The molecule has 0 radical (unpaired) electrons. The number of hydrogen-bond donors (Lipinski definition) is 5. The van der Waals surface area contributed by atoms with Gasteiger partial charge in [0.1, 0.15) is 23.0 Å². The van der Waals surface area contributed by atoms with Crippen molar-refractivity contribution in [2.24, 2.45) is 5.92 Å². The van der Waals surface area contributed by atoms with E-state index in [0.29, 0.717) is 92.7 Å². The Morgan fingerprint density at radius 2 is 0.866 bits per heavy atom. The summed E-state index contributed by atoms with van der Waals surface area (Å²) in [6, 6.07) is 62.8. The Morgan fingerprint density at radius 3 is 1.27 bits per heavy atom. The first-order valence-corrected chi connectivity index (χ1v) is 45.4. The average Bonchev–Trinajstić information content (AvgIpc) is 1.48. The molecule has 5 N–H and O–H groups in total. The highest BCUT2D eigenvalue weighted by Gasteiger charge is 2.33. The van der Waals surface area contributed by atoms with E-state index in [4.69, 9.17) is 18.9 Å². The normalized spacial score (nSPS) is 14.8. The third-order valence-corrected chi connectivity index (χ3v) is 25.9. The van der Waals surface area contributed by atoms with Gasteiger partial charge in [-0.3, -0.25) is 39.1 Å². The number of nitrogens with one attached hydrogen (secondary N) is 4. The monoisotopic (exact) mass is 1750 g/mol. The van der Waals surface area contributed by atoms with Crippen molar-refractivity contribution < 1.29 is 43.2 Å². The Balaban J connectivity index is 0.000000140. The topological polar surface area (TPSA) is 279 Å². The molecule has 0 aliphatic carbocycles. The second kappa shape index (κ2) is 42.8. The largest absolute Gasteiger partial charge is 0.496 e. The Kier molecular flexibility index (Phi) is 29.4. The number of ketones is 3. The molecule has 127 heavy (non-hydrogen) atoms. The molecule has 5 atom stereocenters. The lowest BCUT2D eigenvalue weighted by atomic mass is 9.89. The number of ether oxygens (including phenoxy) is 4. The van der Waals surface area contributed by atoms with Crippen LogP contribution in [0.1, 0.15) is 166 Å². The summed E-state index contributed by atoms with van der Waals surface area (Å²) in [7, 11) is 3.21. The molecule has 3 aliphatic rings. The predicted octanol–water partition coefficient (Wildman–Crippen LogP) is 18.1. The molecule has 0 fully saturated rings. The Labute approximate surface area is 750 Å². The van der Waals surface area contributed by atoms with E-state index in [1.165, 1.54) is 38.3 Å². The number of amides is 1. The molecule has 0 spiro atoms. The minimum Gasteiger partial charge on any atom is -0.496 e. The summed E-state index contributed by atoms with van der Waals surface area (Å²) in [5.74, 6) is 1.59. The highest BCUT2D eigenvalue weighted by Crippen LogP contribution is 2.41. The third-order valence-electron chi connectivity index (χ3n) is 23.5. The SMILES string of the molecule is CNC(=O)[C@@H](CC(=O)c1cccc2c1OCC[C@@H]2NCc1cncn1Cc1ccc(-c2cncs2)cc1)Cc1ccc(C)cc1.COc1ccccc1[C@@H](CO)CC(=O)c1cccc2c1OCCC2NCc1cncn1Cc1ccc(-c2cncs2)cc1.O=C(CCc1ccncc1)c1cccc2c1OCCC2NCc1cncn1Cc1ccc(-c2cncs2)cc1. The number of aliphatic hydroxyl groups excluding tert-OH is 1. The van der Waals surface area contributed by atoms with Gasteiger partial charge >= 0.3 is 0 Å². The van der Waals surface area contributed by atoms with Crippen LogP contribution in [0, 0.1) is 12.8 Å². The fraction of sp³-hybridized carbons (Fsp3) is 0.257. The molecular formula is C101H100N14O9S3. The fourth-order valence-electron chi connectivity index (χ4n) is 16.5. The number of thiazole rings is 3. The van der Waals surface area contributed by atoms with Crippen LogP contribution in [0.15, 0.2) is 273 Å². The molecule has 2 unspecified atom stereocenters. The molecule has 15 aromatic rings. The van der Waals surface area contributed by atoms with Crippen molar-refractivity contribution in [3.63, 3.8) is 0 Å². The van der Waals surface area contributed by atoms with Crippen LogP contribution >= 0.6 is 34.0 Å². The second-order valence-corrected chi connectivity index (χ2v) is 34.4. The molecular weight excluding hydrogens is 1650 g/mol. The zero-order valence-electron chi connectivity index (χ0n) is 71.0. The van der Waals surface area contributed by atoms with E-state index >= 15 is 0 Å². The first-order chi connectivity index (χ1) is 62.4. The third kappa shape index (κ3) is 22.1. The smallest absolute Gasteiger partial charge is 0.223 e. The first kappa shape index (κ1) is 87.4. The summed E-state index contributed by atoms with van der Waals surface area (Å²) in [5, 5.41) is 23.9. The van der Waals surface area contributed by atoms with E-state index in [0.717, 1.165) is 110 Å². The predicted molar refractivity (Wildman–Crippen MR) is 495 cm³/mol. The van der Waals surface area contributed by atoms with Crippen LogP contribution in [-0.4, -0.2) is 118 Å². The second-order valence-electron chi connectivity index (χ2n) is 31.8. The number of Topliss-reactive ketones (excluding diaryl/α,β-unsaturated/α-hetero) is 3. The number of fused-ring (bicyclic) bond motifs is 3. The summed E-state index contributed by atoms with van der Waals surface area (Å²) >= 11 is 4.91. The van der Waals surface area contributed by atoms with Gasteiger partial charge in [-0.2, -0.15) is 0 Å². The molecule has 23 nitrogen and oxygen atoms in total. The van der Waals surface area contributed by atoms with Crippen LogP contribution in [0.3, 0.4) is 0 Å². The van der Waals surface area contributed by atoms with Gasteiger partial charge in [-0.05, 0) is 106 Å². The average molecular weight is 1750 g/mol. The van der Waals surface area contributed by atoms with Gasteiger partial charge in [0.05, 0.1) is 117 Å². The lowest BCUT2D eigenvalue weighted by molar-refractivity contribution is -0.124. The molecule has 1 amide bonds. The number of nitrogens with zero attached hydrogens (tertiary/aromatic N) is 10. The van der Waals surface area contributed by atoms with Crippen molar-refractivity contribution in [1.82, 2.24) is 69.9 Å². The Morgan fingerprint density at radius 1 is 0.457 bits per heavy atom. The molecule has 0 saturated heterocycles. The number of carbonyl (C=O) groups excluding carboxylic acids is 4. The number of benzene rings is 8. The summed E-state index contributed by atoms with van der Waals surface area (Å²) in [4.78, 5) is 86.4. The maximum atomic E-state index is 13.7. The first-order valence-electron chi connectivity index (χ1n) is 42.7. The highest BCUT2D eigenvalue weighted by atomic mass is 32.1. The standard InChI is InChI=1S/C36H37N5O3S.C34H34N4O4S.C31H29N5O2S/c1-24-6-8-25(9-7-24)16-28(36(43)37-2)17-33(42)31-5-3-4-30-32(14-15-44-35(30)31)40-19-29-18-38-22-41(29)21-26-10-12-27(13-11-26)34-20-39-23-45-34;1-41-32-8-3-2-5-27(32)25(20-39)15-31(40)29-7-4-6-28-30(13-14-42-34(28)29)37-17-26-16-35-21-38(26)19-23-9-11-24(12-10-23)33-18-36-22-43-33;37-29(9-6-22-10-13-32-14-11-22)27-3-1-2-26-28(12-15-38-31(26)27)35-17-25-16-33-20-36(25)19-23-4-7-24(8-5-23)30-18-34-21-39-30/h3-13,18,20,22-23,28,32,40H,14-17,19,21H2,1-2H3,(H,37,43);2-12,16,18,21-22,25,30,37,39H,13-15,17,19-20H2,1H3;1-5,7-8,10-11,13-14,16,18,20-21,28,35H,6,9,12,15,17,19H2/t28-,32+;25-,30?;/m11./s1. The minimum atomic E-state index is -0.470. The van der Waals surface area contributed by atoms with Crippen LogP contribution in [0.2, 0.25) is 0 Å². The number of rotatable bonds is 34. The van der Waals surface area contributed by atoms with Gasteiger partial charge in [0.15, 0.2) is 17.3 Å². The van der Waals surface area contributed by atoms with Gasteiger partial charge in [-0.15, -0.1) is 34.0 Å². The number of aliphatic hydroxyl groups is 1. The van der Waals surface area contributed by atoms with Crippen LogP contribution in [0.25, 0.3) is 31.3 Å². The summed E-state index contributed by atoms with van der Waals surface area (Å²) in [6.07, 6.45) is 24.8. The summed E-state index contributed by atoms with van der Waals surface area (Å²) < 4.78 is 30.2. The number of hydrogen-bond acceptors (Lipinski definition) is 22. The van der Waals surface area contributed by atoms with Gasteiger partial charge in [-0.25, -0.2) is 15.0 Å². The Bertz CT molecular complexity index is 6120. The molecule has 646 valence electrons. The van der Waals surface area contributed by atoms with E-state index in [-0.39, 0.29) is 66.7 Å². The number of para-hydroxylation sites is 4. The number of pyridine rings is 1. The number of aromatic nitrogens is 10. The van der Waals surface area contributed by atoms with E-state index in [2.05, 4.69) is 149 Å². The number of carbonyl (C=O) groups is 4. The van der Waals surface area contributed by atoms with Gasteiger partial charge in [0, 0.05) is 181 Å². The lowest BCUT2D eigenvalue weighted by Gasteiger charge is -2.28. The zero-order valence-corrected chi connectivity index (χ0v) is 73.5. The van der Waals surface area contributed by atoms with E-state index < -0.39 is 5.92 Å². The Hall–Kier alpha value is -13.1. The van der Waals surface area contributed by atoms with Crippen molar-refractivity contribution >= 4 is 57.3 Å². The quantitative estimate of drug-likeness (QED) is 0.0234. The molecule has 18 rings (SSSR count). The molecule has 7 aromatic heterocycles. The van der Waals surface area contributed by atoms with Gasteiger partial charge < -0.3 is 59.0 Å². The maximum Gasteiger partial charge on any atom is 0.223 e. The van der Waals surface area contributed by atoms with E-state index in [1.807, 2.05) is 189 Å². The van der Waals surface area contributed by atoms with Crippen molar-refractivity contribution in [3.05, 3.63) is 363 Å². The summed E-state index contributed by atoms with van der Waals surface area (Å²) in [5.41, 5.74) is 24.8. The summed E-state index contributed by atoms with van der Waals surface area (Å²) in [6.45, 7) is 7.57. The highest BCUT2D eigenvalue weighted by molar-refractivity contribution is 7.13. The van der Waals surface area contributed by atoms with Gasteiger partial charge in [0.25, 0.3) is 0 Å². The van der Waals surface area contributed by atoms with Crippen molar-refractivity contribution in [3.8, 4) is 54.3 Å². The number of aryl methyl sites for hydroxylation is 2. The fourth-order valence-corrected chi connectivity index (χ4v) is 18.4. The van der Waals surface area contributed by atoms with Crippen LogP contribution in [0.4, 0.5) is 0 Å². The molecule has 26 heteroatoms. The van der Waals surface area contributed by atoms with Crippen molar-refractivity contribution in [1.29, 1.82) is 0 Å². The maximum absolute atomic E-state index is 13.7.